The molecule has 1 saturated carbocycles. The second-order valence-corrected chi connectivity index (χ2v) is 8.68. The van der Waals surface area contributed by atoms with Gasteiger partial charge in [0.15, 0.2) is 0 Å². The summed E-state index contributed by atoms with van der Waals surface area (Å²) < 4.78 is 11.4. The molecule has 1 aliphatic rings. The predicted molar refractivity (Wildman–Crippen MR) is 125 cm³/mol. The van der Waals surface area contributed by atoms with Crippen LogP contribution in [0.5, 0.6) is 5.88 Å². The minimum absolute atomic E-state index is 0.0686. The van der Waals surface area contributed by atoms with Crippen LogP contribution in [0.4, 0.5) is 5.82 Å². The summed E-state index contributed by atoms with van der Waals surface area (Å²) >= 11 is 0. The molecule has 0 aliphatic heterocycles. The Morgan fingerprint density at radius 2 is 1.88 bits per heavy atom. The molecule has 172 valence electrons. The lowest BCUT2D eigenvalue weighted by Crippen LogP contribution is -2.28. The number of anilines is 1. The zero-order valence-electron chi connectivity index (χ0n) is 19.3. The minimum Gasteiger partial charge on any atom is -0.473 e. The SMILES string of the molecule is CNc1cc2c(cn1)c(-c1cnn(C)c1)nn2C1CCC(Oc2nn(C)c(=O)cc2C)CC1. The van der Waals surface area contributed by atoms with Gasteiger partial charge in [-0.05, 0) is 32.6 Å². The van der Waals surface area contributed by atoms with Crippen LogP contribution in [0.2, 0.25) is 0 Å². The van der Waals surface area contributed by atoms with Gasteiger partial charge in [-0.2, -0.15) is 10.2 Å². The molecule has 0 atom stereocenters. The Labute approximate surface area is 191 Å². The molecule has 1 aliphatic carbocycles. The topological polar surface area (TPSA) is 105 Å². The van der Waals surface area contributed by atoms with Crippen molar-refractivity contribution in [3.05, 3.63) is 46.6 Å². The summed E-state index contributed by atoms with van der Waals surface area (Å²) in [5.41, 5.74) is 3.58. The maximum atomic E-state index is 11.8. The number of ether oxygens (including phenoxy) is 1. The Balaban J connectivity index is 1.40. The second kappa shape index (κ2) is 8.34. The van der Waals surface area contributed by atoms with Crippen LogP contribution >= 0.6 is 0 Å². The highest BCUT2D eigenvalue weighted by Gasteiger charge is 2.27. The molecule has 5 rings (SSSR count). The van der Waals surface area contributed by atoms with Crippen LogP contribution in [0.25, 0.3) is 22.2 Å². The first-order valence-corrected chi connectivity index (χ1v) is 11.2. The molecule has 0 amide bonds. The van der Waals surface area contributed by atoms with Gasteiger partial charge >= 0.3 is 0 Å². The van der Waals surface area contributed by atoms with Crippen LogP contribution in [0.15, 0.2) is 35.5 Å². The van der Waals surface area contributed by atoms with E-state index in [-0.39, 0.29) is 17.7 Å². The van der Waals surface area contributed by atoms with E-state index in [2.05, 4.69) is 31.2 Å². The Morgan fingerprint density at radius 3 is 2.58 bits per heavy atom. The lowest BCUT2D eigenvalue weighted by Gasteiger charge is -2.29. The molecule has 0 aromatic carbocycles. The summed E-state index contributed by atoms with van der Waals surface area (Å²) in [6, 6.07) is 3.89. The smallest absolute Gasteiger partial charge is 0.266 e. The number of aromatic nitrogens is 7. The molecule has 4 aromatic heterocycles. The lowest BCUT2D eigenvalue weighted by molar-refractivity contribution is 0.122. The first-order chi connectivity index (χ1) is 15.9. The number of rotatable bonds is 5. The van der Waals surface area contributed by atoms with Gasteiger partial charge < -0.3 is 10.1 Å². The van der Waals surface area contributed by atoms with Crippen molar-refractivity contribution in [2.24, 2.45) is 14.1 Å². The van der Waals surface area contributed by atoms with Crippen molar-refractivity contribution in [3.8, 4) is 17.1 Å². The minimum atomic E-state index is -0.131. The molecule has 1 N–H and O–H groups in total. The van der Waals surface area contributed by atoms with Crippen molar-refractivity contribution in [1.29, 1.82) is 0 Å². The summed E-state index contributed by atoms with van der Waals surface area (Å²) in [7, 11) is 5.42. The van der Waals surface area contributed by atoms with E-state index in [1.165, 1.54) is 4.68 Å². The summed E-state index contributed by atoms with van der Waals surface area (Å²) in [5.74, 6) is 1.35. The van der Waals surface area contributed by atoms with E-state index in [4.69, 9.17) is 9.84 Å². The van der Waals surface area contributed by atoms with E-state index >= 15 is 0 Å². The van der Waals surface area contributed by atoms with Crippen molar-refractivity contribution in [3.63, 3.8) is 0 Å². The van der Waals surface area contributed by atoms with Gasteiger partial charge in [-0.15, -0.1) is 5.10 Å². The van der Waals surface area contributed by atoms with E-state index in [9.17, 15) is 4.79 Å². The molecule has 0 saturated heterocycles. The number of pyridine rings is 1. The molecule has 0 spiro atoms. The fourth-order valence-corrected chi connectivity index (χ4v) is 4.49. The average Bonchev–Trinajstić information content (AvgIpc) is 3.41. The predicted octanol–water partition coefficient (Wildman–Crippen LogP) is 2.84. The van der Waals surface area contributed by atoms with Gasteiger partial charge in [-0.25, -0.2) is 9.67 Å². The van der Waals surface area contributed by atoms with Crippen molar-refractivity contribution in [1.82, 2.24) is 34.3 Å². The van der Waals surface area contributed by atoms with Gasteiger partial charge in [0.1, 0.15) is 17.6 Å². The highest BCUT2D eigenvalue weighted by molar-refractivity contribution is 5.93. The highest BCUT2D eigenvalue weighted by Crippen LogP contribution is 2.36. The fourth-order valence-electron chi connectivity index (χ4n) is 4.49. The quantitative estimate of drug-likeness (QED) is 0.500. The normalized spacial score (nSPS) is 18.5. The monoisotopic (exact) mass is 448 g/mol. The van der Waals surface area contributed by atoms with Crippen LogP contribution in [0.3, 0.4) is 0 Å². The molecule has 33 heavy (non-hydrogen) atoms. The second-order valence-electron chi connectivity index (χ2n) is 8.68. The van der Waals surface area contributed by atoms with E-state index in [0.29, 0.717) is 5.88 Å². The molecule has 10 nitrogen and oxygen atoms in total. The van der Waals surface area contributed by atoms with Crippen LogP contribution < -0.4 is 15.6 Å². The van der Waals surface area contributed by atoms with E-state index in [0.717, 1.165) is 59.2 Å². The van der Waals surface area contributed by atoms with Gasteiger partial charge in [-0.3, -0.25) is 14.2 Å². The largest absolute Gasteiger partial charge is 0.473 e. The lowest BCUT2D eigenvalue weighted by atomic mass is 9.93. The summed E-state index contributed by atoms with van der Waals surface area (Å²) in [5, 5.41) is 17.8. The molecule has 0 unspecified atom stereocenters. The van der Waals surface area contributed by atoms with Gasteiger partial charge in [0.2, 0.25) is 5.88 Å². The molecule has 10 heteroatoms. The molecular weight excluding hydrogens is 420 g/mol. The van der Waals surface area contributed by atoms with Crippen molar-refractivity contribution in [2.75, 3.05) is 12.4 Å². The first-order valence-electron chi connectivity index (χ1n) is 11.2. The van der Waals surface area contributed by atoms with Crippen LogP contribution in [0.1, 0.15) is 37.3 Å². The van der Waals surface area contributed by atoms with Gasteiger partial charge in [-0.1, -0.05) is 0 Å². The Morgan fingerprint density at radius 1 is 1.09 bits per heavy atom. The number of fused-ring (bicyclic) bond motifs is 1. The number of hydrogen-bond acceptors (Lipinski definition) is 7. The van der Waals surface area contributed by atoms with Gasteiger partial charge in [0.05, 0.1) is 17.8 Å². The summed E-state index contributed by atoms with van der Waals surface area (Å²) in [6.45, 7) is 1.86. The molecular formula is C23H28N8O2. The molecule has 1 fully saturated rings. The highest BCUT2D eigenvalue weighted by atomic mass is 16.5. The summed E-state index contributed by atoms with van der Waals surface area (Å²) in [6.07, 6.45) is 9.43. The number of nitrogens with one attached hydrogen (secondary N) is 1. The number of aryl methyl sites for hydroxylation is 3. The first kappa shape index (κ1) is 21.2. The third-order valence-electron chi connectivity index (χ3n) is 6.33. The van der Waals surface area contributed by atoms with Gasteiger partial charge in [0, 0.05) is 62.2 Å². The van der Waals surface area contributed by atoms with Crippen LogP contribution in [0, 0.1) is 6.92 Å². The zero-order chi connectivity index (χ0) is 23.1. The third-order valence-corrected chi connectivity index (χ3v) is 6.33. The van der Waals surface area contributed by atoms with Crippen molar-refractivity contribution >= 4 is 16.7 Å². The Bertz CT molecular complexity index is 1360. The van der Waals surface area contributed by atoms with Gasteiger partial charge in [0.25, 0.3) is 5.56 Å². The number of hydrogen-bond donors (Lipinski definition) is 1. The fraction of sp³-hybridized carbons (Fsp3) is 0.435. The maximum absolute atomic E-state index is 11.8. The van der Waals surface area contributed by atoms with Crippen LogP contribution in [-0.4, -0.2) is 47.5 Å². The summed E-state index contributed by atoms with van der Waals surface area (Å²) in [4.78, 5) is 16.3. The van der Waals surface area contributed by atoms with Crippen molar-refractivity contribution in [2.45, 2.75) is 44.8 Å². The van der Waals surface area contributed by atoms with E-state index < -0.39 is 0 Å². The van der Waals surface area contributed by atoms with E-state index in [1.54, 1.807) is 17.8 Å². The molecule has 4 heterocycles. The molecule has 0 radical (unpaired) electrons. The molecule has 0 bridgehead atoms. The van der Waals surface area contributed by atoms with E-state index in [1.807, 2.05) is 39.6 Å². The maximum Gasteiger partial charge on any atom is 0.266 e. The Kier molecular flexibility index (Phi) is 5.35. The standard InChI is InChI=1S/C23H28N8O2/c1-14-9-21(32)30(4)28-23(14)33-17-7-5-16(6-8-17)31-19-10-20(24-2)25-12-18(19)22(27-31)15-11-26-29(3)13-15/h9-13,16-17H,5-8H2,1-4H3,(H,24,25). The van der Waals surface area contributed by atoms with Crippen LogP contribution in [-0.2, 0) is 14.1 Å². The Hall–Kier alpha value is -3.69. The number of nitrogens with zero attached hydrogens (tertiary/aromatic N) is 7. The van der Waals surface area contributed by atoms with Crippen molar-refractivity contribution < 1.29 is 4.74 Å². The zero-order valence-corrected chi connectivity index (χ0v) is 19.3. The molecule has 4 aromatic rings. The third kappa shape index (κ3) is 3.96. The average molecular weight is 449 g/mol.